The number of ether oxygens (including phenoxy) is 2. The van der Waals surface area contributed by atoms with Gasteiger partial charge in [0, 0.05) is 10.8 Å². The van der Waals surface area contributed by atoms with Gasteiger partial charge >= 0.3 is 0 Å². The second-order valence-electron chi connectivity index (χ2n) is 18.8. The Bertz CT molecular complexity index is 2590. The van der Waals surface area contributed by atoms with Crippen LogP contribution in [0.2, 0.25) is 0 Å². The number of hydrogen-bond acceptors (Lipinski definition) is 4. The zero-order valence-electron chi connectivity index (χ0n) is 38.2. The van der Waals surface area contributed by atoms with Crippen LogP contribution in [0.15, 0.2) is 231 Å². The van der Waals surface area contributed by atoms with Gasteiger partial charge in [0.1, 0.15) is 11.2 Å². The zero-order valence-corrected chi connectivity index (χ0v) is 41.4. The smallest absolute Gasteiger partial charge is 0.110 e. The predicted molar refractivity (Wildman–Crippen MR) is 284 cm³/mol. The third kappa shape index (κ3) is 10.3. The summed E-state index contributed by atoms with van der Waals surface area (Å²) in [5.74, 6) is 0. The lowest BCUT2D eigenvalue weighted by Crippen LogP contribution is -2.34. The maximum Gasteiger partial charge on any atom is 0.110 e. The molecule has 10 rings (SSSR count). The predicted octanol–water partition coefficient (Wildman–Crippen LogP) is 14.7. The van der Waals surface area contributed by atoms with E-state index in [1.54, 1.807) is 0 Å². The van der Waals surface area contributed by atoms with Crippen molar-refractivity contribution in [3.63, 3.8) is 0 Å². The van der Waals surface area contributed by atoms with Crippen molar-refractivity contribution < 1.29 is 19.7 Å². The number of aliphatic hydroxyl groups is 2. The molecule has 344 valence electrons. The fourth-order valence-electron chi connectivity index (χ4n) is 10.4. The second kappa shape index (κ2) is 21.5. The van der Waals surface area contributed by atoms with Gasteiger partial charge < -0.3 is 19.7 Å². The van der Waals surface area contributed by atoms with Crippen molar-refractivity contribution in [2.75, 3.05) is 26.4 Å². The van der Waals surface area contributed by atoms with E-state index in [4.69, 9.17) is 9.47 Å². The van der Waals surface area contributed by atoms with Crippen LogP contribution in [-0.2, 0) is 33.5 Å². The normalized spacial score (nSPS) is 23.0. The number of hydrogen-bond donors (Lipinski definition) is 2. The molecule has 8 aromatic rings. The molecule has 0 saturated carbocycles. The van der Waals surface area contributed by atoms with Crippen LogP contribution in [0, 0.1) is 10.8 Å². The molecule has 0 bridgehead atoms. The highest BCUT2D eigenvalue weighted by Crippen LogP contribution is 2.58. The van der Waals surface area contributed by atoms with E-state index in [1.165, 1.54) is 44.5 Å². The summed E-state index contributed by atoms with van der Waals surface area (Å²) in [6.45, 7) is 1.18. The molecular formula is C62H58Br2O4. The zero-order chi connectivity index (χ0) is 46.9. The van der Waals surface area contributed by atoms with Gasteiger partial charge in [0.05, 0.1) is 36.1 Å². The summed E-state index contributed by atoms with van der Waals surface area (Å²) in [5.41, 5.74) is 9.92. The van der Waals surface area contributed by atoms with Crippen LogP contribution in [0.4, 0.5) is 0 Å². The van der Waals surface area contributed by atoms with E-state index < -0.39 is 11.2 Å². The molecule has 6 atom stereocenters. The molecule has 68 heavy (non-hydrogen) atoms. The van der Waals surface area contributed by atoms with E-state index >= 15 is 0 Å². The van der Waals surface area contributed by atoms with Crippen molar-refractivity contribution in [2.24, 2.45) is 10.8 Å². The van der Waals surface area contributed by atoms with E-state index in [9.17, 15) is 10.2 Å². The lowest BCUT2D eigenvalue weighted by Gasteiger charge is -2.36. The Labute approximate surface area is 418 Å². The molecule has 0 unspecified atom stereocenters. The molecule has 4 nitrogen and oxygen atoms in total. The minimum Gasteiger partial charge on any atom is -0.396 e. The van der Waals surface area contributed by atoms with Crippen molar-refractivity contribution in [3.05, 3.63) is 264 Å². The van der Waals surface area contributed by atoms with Gasteiger partial charge in [-0.25, -0.2) is 0 Å². The molecule has 0 spiro atoms. The van der Waals surface area contributed by atoms with Crippen molar-refractivity contribution in [1.82, 2.24) is 0 Å². The third-order valence-corrected chi connectivity index (χ3v) is 16.6. The van der Waals surface area contributed by atoms with Crippen molar-refractivity contribution in [1.29, 1.82) is 0 Å². The highest BCUT2D eigenvalue weighted by Gasteiger charge is 2.55. The van der Waals surface area contributed by atoms with E-state index in [0.29, 0.717) is 13.2 Å². The van der Waals surface area contributed by atoms with Crippen LogP contribution < -0.4 is 0 Å². The van der Waals surface area contributed by atoms with Gasteiger partial charge in [-0.05, 0) is 81.3 Å². The summed E-state index contributed by atoms with van der Waals surface area (Å²) >= 11 is 8.06. The molecular weight excluding hydrogens is 968 g/mol. The Kier molecular flexibility index (Phi) is 15.0. The molecule has 6 heteroatoms. The molecule has 8 aromatic carbocycles. The summed E-state index contributed by atoms with van der Waals surface area (Å²) in [6.07, 6.45) is 3.01. The monoisotopic (exact) mass is 1020 g/mol. The van der Waals surface area contributed by atoms with Gasteiger partial charge in [-0.15, -0.1) is 0 Å². The van der Waals surface area contributed by atoms with E-state index in [1.807, 2.05) is 36.4 Å². The molecule has 0 amide bonds. The van der Waals surface area contributed by atoms with Gasteiger partial charge in [0.2, 0.25) is 0 Å². The minimum absolute atomic E-state index is 0.0482. The van der Waals surface area contributed by atoms with E-state index in [0.717, 1.165) is 36.8 Å². The maximum atomic E-state index is 10.6. The first kappa shape index (κ1) is 47.6. The van der Waals surface area contributed by atoms with Gasteiger partial charge in [-0.3, -0.25) is 0 Å². The highest BCUT2D eigenvalue weighted by molar-refractivity contribution is 9.09. The Morgan fingerprint density at radius 3 is 0.956 bits per heavy atom. The van der Waals surface area contributed by atoms with Crippen molar-refractivity contribution in [3.8, 4) is 22.3 Å². The highest BCUT2D eigenvalue weighted by atomic mass is 79.9. The largest absolute Gasteiger partial charge is 0.396 e. The number of alkyl halides is 2. The molecule has 0 radical (unpaired) electrons. The number of aliphatic hydroxyl groups excluding tert-OH is 2. The lowest BCUT2D eigenvalue weighted by atomic mass is 9.73. The molecule has 2 heterocycles. The minimum atomic E-state index is -0.589. The molecule has 2 aliphatic rings. The van der Waals surface area contributed by atoms with Gasteiger partial charge in [-0.2, -0.15) is 0 Å². The first-order valence-electron chi connectivity index (χ1n) is 23.6. The van der Waals surface area contributed by atoms with Crippen LogP contribution in [0.3, 0.4) is 0 Å². The van der Waals surface area contributed by atoms with Crippen LogP contribution in [0.25, 0.3) is 22.3 Å². The average Bonchev–Trinajstić information content (AvgIpc) is 4.01. The van der Waals surface area contributed by atoms with Crippen LogP contribution >= 0.6 is 31.9 Å². The molecule has 0 aromatic heterocycles. The van der Waals surface area contributed by atoms with Crippen molar-refractivity contribution in [2.45, 2.75) is 46.5 Å². The number of halogens is 2. The Balaban J connectivity index is 0.000000170. The van der Waals surface area contributed by atoms with Gasteiger partial charge in [-0.1, -0.05) is 262 Å². The van der Waals surface area contributed by atoms with Crippen molar-refractivity contribution >= 4 is 31.9 Å². The summed E-state index contributed by atoms with van der Waals surface area (Å²) < 4.78 is 13.5. The summed E-state index contributed by atoms with van der Waals surface area (Å²) in [5, 5.41) is 21.2. The summed E-state index contributed by atoms with van der Waals surface area (Å²) in [7, 11) is 0. The number of rotatable bonds is 14. The lowest BCUT2D eigenvalue weighted by molar-refractivity contribution is -0.00572. The van der Waals surface area contributed by atoms with Crippen LogP contribution in [0.5, 0.6) is 0 Å². The SMILES string of the molecule is OC[C@]1(Cc2ccccc2)CO[C@](c2ccc(-c3ccccc3)cc2)([C@H](Br)c2ccccc2)C1.OC[C@]1(Cc2ccccc2)CO[C@](c2ccc(-c3ccccc3)cc2)([C@H](Br)c2ccccc2)C1. The molecule has 2 fully saturated rings. The van der Waals surface area contributed by atoms with E-state index in [-0.39, 0.29) is 33.7 Å². The second-order valence-corrected chi connectivity index (χ2v) is 20.6. The first-order valence-corrected chi connectivity index (χ1v) is 25.4. The van der Waals surface area contributed by atoms with E-state index in [2.05, 4.69) is 226 Å². The molecule has 2 N–H and O–H groups in total. The standard InChI is InChI=1S/2C31H29BrO2/c2*32-29(27-14-8-3-9-15-27)31(28-18-16-26(17-19-28)25-12-6-2-7-13-25)21-30(22-33,23-34-31)20-24-10-4-1-5-11-24/h2*1-19,29,33H,20-23H2/t2*29-,30-,31-/m11/s1. The molecule has 2 saturated heterocycles. The quantitative estimate of drug-likeness (QED) is 0.107. The Morgan fingerprint density at radius 1 is 0.368 bits per heavy atom. The van der Waals surface area contributed by atoms with Crippen LogP contribution in [-0.4, -0.2) is 36.6 Å². The first-order chi connectivity index (χ1) is 33.3. The van der Waals surface area contributed by atoms with Crippen LogP contribution in [0.1, 0.15) is 55.9 Å². The molecule has 2 aliphatic heterocycles. The fourth-order valence-corrected chi connectivity index (χ4v) is 12.1. The number of benzene rings is 8. The Hall–Kier alpha value is -5.44. The topological polar surface area (TPSA) is 58.9 Å². The molecule has 0 aliphatic carbocycles. The Morgan fingerprint density at radius 2 is 0.647 bits per heavy atom. The summed E-state index contributed by atoms with van der Waals surface area (Å²) in [4.78, 5) is -0.0963. The third-order valence-electron chi connectivity index (χ3n) is 14.0. The van der Waals surface area contributed by atoms with Gasteiger partial charge in [0.25, 0.3) is 0 Å². The summed E-state index contributed by atoms with van der Waals surface area (Å²) in [6, 6.07) is 80.0. The van der Waals surface area contributed by atoms with Gasteiger partial charge in [0.15, 0.2) is 0 Å². The average molecular weight is 1030 g/mol. The fraction of sp³-hybridized carbons (Fsp3) is 0.226. The maximum absolute atomic E-state index is 10.6.